The van der Waals surface area contributed by atoms with Crippen LogP contribution >= 0.6 is 0 Å². The fraction of sp³-hybridized carbons (Fsp3) is 0.559. The van der Waals surface area contributed by atoms with E-state index in [1.807, 2.05) is 70.2 Å². The molecule has 214 valence electrons. The van der Waals surface area contributed by atoms with Crippen molar-refractivity contribution >= 4 is 10.9 Å². The van der Waals surface area contributed by atoms with Crippen molar-refractivity contribution in [2.75, 3.05) is 20.6 Å². The van der Waals surface area contributed by atoms with E-state index >= 15 is 0 Å². The van der Waals surface area contributed by atoms with Gasteiger partial charge in [-0.15, -0.1) is 35.2 Å². The van der Waals surface area contributed by atoms with Crippen LogP contribution in [0, 0.1) is 93.1 Å². The van der Waals surface area contributed by atoms with Gasteiger partial charge in [0.15, 0.2) is 0 Å². The third kappa shape index (κ3) is 27.6. The number of likely N-dealkylation sites (N-methyl/N-ethyl adjacent to an activating group) is 1. The van der Waals surface area contributed by atoms with Gasteiger partial charge in [-0.2, -0.15) is 43.3 Å². The summed E-state index contributed by atoms with van der Waals surface area (Å²) >= 11 is 0. The number of fused-ring (bicyclic) bond motifs is 1. The minimum Gasteiger partial charge on any atom is -0.409 e. The molecule has 3 rings (SSSR count). The number of hydrogen-bond donors (Lipinski definition) is 1. The van der Waals surface area contributed by atoms with Crippen LogP contribution in [-0.4, -0.2) is 30.5 Å². The minimum atomic E-state index is 0. The topological polar surface area (TPSA) is 19.0 Å². The van der Waals surface area contributed by atoms with E-state index in [1.54, 1.807) is 6.92 Å². The van der Waals surface area contributed by atoms with Crippen LogP contribution in [0.15, 0.2) is 54.7 Å². The van der Waals surface area contributed by atoms with Gasteiger partial charge >= 0.3 is 31.1 Å². The molecule has 2 atom stereocenters. The van der Waals surface area contributed by atoms with Crippen molar-refractivity contribution in [3.05, 3.63) is 79.3 Å². The summed E-state index contributed by atoms with van der Waals surface area (Å²) in [6.45, 7) is 23.4. The monoisotopic (exact) mass is 972 g/mol. The van der Waals surface area contributed by atoms with Crippen LogP contribution in [0.1, 0.15) is 93.6 Å². The quantitative estimate of drug-likeness (QED) is 0.223. The number of nitrogens with zero attached hydrogens (tertiary/aromatic N) is 1. The number of benzene rings is 2. The number of aromatic nitrogens is 1. The number of nitrogens with one attached hydrogen (secondary N) is 1. The maximum atomic E-state index is 3.27. The molecule has 1 heterocycles. The molecule has 0 radical (unpaired) electrons. The Morgan fingerprint density at radius 1 is 0.895 bits per heavy atom. The number of rotatable bonds is 8. The molecule has 0 fully saturated rings. The SMILES string of the molecule is CC.CC.CCC[C@H](C)CC(C)CC.CN(C)CCc1c[nH]c2ccc[c-]c12.[CH2-]C.[U+2].[U].[c-]1ccccc1. The summed E-state index contributed by atoms with van der Waals surface area (Å²) in [5.74, 6) is 1.88. The van der Waals surface area contributed by atoms with Crippen LogP contribution in [0.4, 0.5) is 0 Å². The van der Waals surface area contributed by atoms with E-state index in [4.69, 9.17) is 0 Å². The first-order valence-corrected chi connectivity index (χ1v) is 14.2. The van der Waals surface area contributed by atoms with Gasteiger partial charge in [-0.3, -0.25) is 0 Å². The molecule has 0 aliphatic carbocycles. The van der Waals surface area contributed by atoms with Crippen molar-refractivity contribution in [2.45, 2.75) is 94.4 Å². The number of aromatic amines is 1. The van der Waals surface area contributed by atoms with Crippen LogP contribution in [0.5, 0.6) is 0 Å². The van der Waals surface area contributed by atoms with E-state index in [2.05, 4.69) is 83.0 Å². The fourth-order valence-corrected chi connectivity index (χ4v) is 3.41. The van der Waals surface area contributed by atoms with E-state index in [-0.39, 0.29) is 62.2 Å². The fourth-order valence-electron chi connectivity index (χ4n) is 3.41. The molecule has 0 aliphatic rings. The van der Waals surface area contributed by atoms with Crippen molar-refractivity contribution in [2.24, 2.45) is 11.8 Å². The normalized spacial score (nSPS) is 10.3. The summed E-state index contributed by atoms with van der Waals surface area (Å²) in [5, 5.41) is 1.23. The minimum absolute atomic E-state index is 0. The average Bonchev–Trinajstić information content (AvgIpc) is 3.36. The maximum absolute atomic E-state index is 3.27. The summed E-state index contributed by atoms with van der Waals surface area (Å²) in [6, 6.07) is 21.8. The van der Waals surface area contributed by atoms with Crippen molar-refractivity contribution < 1.29 is 62.2 Å². The molecule has 38 heavy (non-hydrogen) atoms. The van der Waals surface area contributed by atoms with Gasteiger partial charge in [0.05, 0.1) is 0 Å². The Kier molecular flexibility index (Phi) is 46.6. The zero-order valence-corrected chi connectivity index (χ0v) is 35.1. The maximum Gasteiger partial charge on any atom is 2.00 e. The molecule has 0 spiro atoms. The molecule has 0 saturated heterocycles. The van der Waals surface area contributed by atoms with Gasteiger partial charge in [-0.25, -0.2) is 0 Å². The van der Waals surface area contributed by atoms with Gasteiger partial charge in [-0.1, -0.05) is 74.7 Å². The Hall–Kier alpha value is 0.0439. The molecule has 0 aliphatic heterocycles. The number of hydrogen-bond acceptors (Lipinski definition) is 1. The van der Waals surface area contributed by atoms with Crippen LogP contribution in [-0.2, 0) is 6.42 Å². The second-order valence-corrected chi connectivity index (χ2v) is 8.55. The van der Waals surface area contributed by atoms with Gasteiger partial charge in [0.2, 0.25) is 0 Å². The van der Waals surface area contributed by atoms with Gasteiger partial charge in [0.25, 0.3) is 0 Å². The predicted molar refractivity (Wildman–Crippen MR) is 167 cm³/mol. The van der Waals surface area contributed by atoms with E-state index < -0.39 is 0 Å². The summed E-state index contributed by atoms with van der Waals surface area (Å²) in [4.78, 5) is 5.46. The average molecular weight is 972 g/mol. The summed E-state index contributed by atoms with van der Waals surface area (Å²) in [5.41, 5.74) is 2.54. The third-order valence-electron chi connectivity index (χ3n) is 5.30. The second kappa shape index (κ2) is 37.0. The van der Waals surface area contributed by atoms with Crippen LogP contribution < -0.4 is 0 Å². The predicted octanol–water partition coefficient (Wildman–Crippen LogP) is 10.3. The smallest absolute Gasteiger partial charge is 0.409 e. The van der Waals surface area contributed by atoms with Crippen molar-refractivity contribution in [1.82, 2.24) is 9.88 Å². The molecule has 1 N–H and O–H groups in total. The summed E-state index contributed by atoms with van der Waals surface area (Å²) < 4.78 is 0. The Morgan fingerprint density at radius 2 is 1.47 bits per heavy atom. The largest absolute Gasteiger partial charge is 2.00 e. The standard InChI is InChI=1S/C12H15N2.C10H22.C6H5.2C2H6.C2H5.2U/c1-14(2)8-7-10-9-13-12-6-4-3-5-11(10)12;1-5-7-10(4)8-9(3)6-2;1-2-4-6-5-3-1;3*1-2;;/h3-4,6,9,13H,7-8H2,1-2H3;9-10H,5-8H2,1-4H3;1-5H;2*1-2H3;1H2,2H3;;/q-1;;-1;;;-1;;+2/t;9?,10-;;;;;;/m.0....../s1. The Labute approximate surface area is 286 Å². The summed E-state index contributed by atoms with van der Waals surface area (Å²) in [7, 11) is 4.19. The van der Waals surface area contributed by atoms with Gasteiger partial charge in [0, 0.05) is 31.1 Å². The van der Waals surface area contributed by atoms with E-state index in [9.17, 15) is 0 Å². The zero-order valence-electron chi connectivity index (χ0n) is 26.7. The van der Waals surface area contributed by atoms with Gasteiger partial charge < -0.3 is 16.8 Å². The molecule has 2 aromatic carbocycles. The first kappa shape index (κ1) is 47.8. The van der Waals surface area contributed by atoms with Crippen molar-refractivity contribution in [1.29, 1.82) is 0 Å². The Balaban J connectivity index is -0.000000134. The van der Waals surface area contributed by atoms with E-state index in [0.717, 1.165) is 24.8 Å². The van der Waals surface area contributed by atoms with Gasteiger partial charge in [-0.05, 0) is 57.0 Å². The summed E-state index contributed by atoms with van der Waals surface area (Å²) in [6.07, 6.45) is 8.68. The van der Waals surface area contributed by atoms with E-state index in [1.165, 1.54) is 42.1 Å². The molecule has 0 saturated carbocycles. The first-order chi connectivity index (χ1) is 17.5. The van der Waals surface area contributed by atoms with Crippen LogP contribution in [0.3, 0.4) is 0 Å². The molecule has 1 unspecified atom stereocenters. The third-order valence-corrected chi connectivity index (χ3v) is 5.30. The first-order valence-electron chi connectivity index (χ1n) is 14.2. The van der Waals surface area contributed by atoms with Crippen molar-refractivity contribution in [3.8, 4) is 0 Å². The molecule has 1 aromatic heterocycles. The molecular formula is C34H59N2U2-. The zero-order chi connectivity index (χ0) is 28.2. The number of H-pyrrole nitrogens is 1. The molecule has 4 heteroatoms. The molecule has 2 nitrogen and oxygen atoms in total. The van der Waals surface area contributed by atoms with Crippen LogP contribution in [0.2, 0.25) is 0 Å². The molecule has 3 aromatic rings. The van der Waals surface area contributed by atoms with Gasteiger partial charge in [0.1, 0.15) is 0 Å². The van der Waals surface area contributed by atoms with Crippen molar-refractivity contribution in [3.63, 3.8) is 0 Å². The van der Waals surface area contributed by atoms with Crippen LogP contribution in [0.25, 0.3) is 10.9 Å². The molecule has 0 bridgehead atoms. The molecule has 0 amide bonds. The van der Waals surface area contributed by atoms with E-state index in [0.29, 0.717) is 0 Å². The Morgan fingerprint density at radius 3 is 1.89 bits per heavy atom. The second-order valence-electron chi connectivity index (χ2n) is 8.55. The Bertz CT molecular complexity index is 746. The molecular weight excluding hydrogens is 912 g/mol.